The lowest BCUT2D eigenvalue weighted by atomic mass is 10.1. The highest BCUT2D eigenvalue weighted by Crippen LogP contribution is 2.30. The number of nitrogens with zero attached hydrogens (tertiary/aromatic N) is 1. The summed E-state index contributed by atoms with van der Waals surface area (Å²) < 4.78 is 70.8. The van der Waals surface area contributed by atoms with Gasteiger partial charge in [-0.05, 0) is 12.1 Å². The molecule has 0 aliphatic rings. The zero-order valence-electron chi connectivity index (χ0n) is 12.0. The number of thiazole rings is 1. The first-order chi connectivity index (χ1) is 11.9. The Bertz CT molecular complexity index is 930. The van der Waals surface area contributed by atoms with E-state index in [4.69, 9.17) is 0 Å². The molecule has 128 valence electrons. The van der Waals surface area contributed by atoms with Gasteiger partial charge in [-0.3, -0.25) is 0 Å². The third-order valence-corrected chi connectivity index (χ3v) is 3.96. The van der Waals surface area contributed by atoms with Crippen molar-refractivity contribution < 1.29 is 31.5 Å². The van der Waals surface area contributed by atoms with Crippen LogP contribution < -0.4 is 4.74 Å². The predicted octanol–water partition coefficient (Wildman–Crippen LogP) is 4.72. The molecule has 0 fully saturated rings. The van der Waals surface area contributed by atoms with Gasteiger partial charge in [0.1, 0.15) is 5.01 Å². The van der Waals surface area contributed by atoms with E-state index in [0.29, 0.717) is 10.6 Å². The van der Waals surface area contributed by atoms with E-state index in [1.807, 2.05) is 0 Å². The van der Waals surface area contributed by atoms with Crippen molar-refractivity contribution in [3.05, 3.63) is 70.5 Å². The number of rotatable bonds is 3. The van der Waals surface area contributed by atoms with Gasteiger partial charge in [-0.1, -0.05) is 12.1 Å². The van der Waals surface area contributed by atoms with Crippen LogP contribution in [0.4, 0.5) is 22.0 Å². The van der Waals surface area contributed by atoms with Gasteiger partial charge >= 0.3 is 5.97 Å². The molecular formula is C16H6F5NO2S. The smallest absolute Gasteiger partial charge is 0.343 e. The Labute approximate surface area is 141 Å². The van der Waals surface area contributed by atoms with Crippen molar-refractivity contribution in [3.63, 3.8) is 0 Å². The molecule has 0 saturated carbocycles. The van der Waals surface area contributed by atoms with E-state index in [1.54, 1.807) is 17.6 Å². The fraction of sp³-hybridized carbons (Fsp3) is 0. The van der Waals surface area contributed by atoms with Crippen molar-refractivity contribution in [1.82, 2.24) is 4.98 Å². The molecule has 0 unspecified atom stereocenters. The minimum absolute atomic E-state index is 0.142. The van der Waals surface area contributed by atoms with Crippen molar-refractivity contribution in [2.24, 2.45) is 0 Å². The summed E-state index contributed by atoms with van der Waals surface area (Å²) in [6.07, 6.45) is 1.54. The van der Waals surface area contributed by atoms with Crippen LogP contribution in [0.3, 0.4) is 0 Å². The lowest BCUT2D eigenvalue weighted by Crippen LogP contribution is -2.13. The maximum absolute atomic E-state index is 13.6. The number of aromatic nitrogens is 1. The highest BCUT2D eigenvalue weighted by molar-refractivity contribution is 7.13. The maximum Gasteiger partial charge on any atom is 0.343 e. The van der Waals surface area contributed by atoms with Crippen LogP contribution in [0.25, 0.3) is 10.6 Å². The molecule has 0 radical (unpaired) electrons. The van der Waals surface area contributed by atoms with E-state index in [-0.39, 0.29) is 5.56 Å². The number of carbonyl (C=O) groups excluding carboxylic acids is 1. The van der Waals surface area contributed by atoms with Crippen LogP contribution in [0.5, 0.6) is 5.75 Å². The van der Waals surface area contributed by atoms with Gasteiger partial charge < -0.3 is 4.74 Å². The largest absolute Gasteiger partial charge is 0.416 e. The molecule has 0 saturated heterocycles. The Morgan fingerprint density at radius 2 is 1.60 bits per heavy atom. The van der Waals surface area contributed by atoms with Crippen molar-refractivity contribution in [3.8, 4) is 16.3 Å². The molecule has 1 aromatic heterocycles. The van der Waals surface area contributed by atoms with E-state index in [0.717, 1.165) is 0 Å². The predicted molar refractivity (Wildman–Crippen MR) is 78.7 cm³/mol. The Kier molecular flexibility index (Phi) is 4.49. The van der Waals surface area contributed by atoms with Gasteiger partial charge in [-0.25, -0.2) is 22.9 Å². The third-order valence-electron chi connectivity index (χ3n) is 3.14. The molecule has 0 spiro atoms. The van der Waals surface area contributed by atoms with Gasteiger partial charge in [0.2, 0.25) is 34.8 Å². The van der Waals surface area contributed by atoms with Crippen LogP contribution in [0.2, 0.25) is 0 Å². The Balaban J connectivity index is 1.95. The van der Waals surface area contributed by atoms with Crippen molar-refractivity contribution in [2.75, 3.05) is 0 Å². The summed E-state index contributed by atoms with van der Waals surface area (Å²) in [7, 11) is 0. The summed E-state index contributed by atoms with van der Waals surface area (Å²) in [5.74, 6) is -14.1. The van der Waals surface area contributed by atoms with E-state index in [9.17, 15) is 26.7 Å². The van der Waals surface area contributed by atoms with Gasteiger partial charge in [0.25, 0.3) is 0 Å². The second kappa shape index (κ2) is 6.60. The molecule has 0 bridgehead atoms. The quantitative estimate of drug-likeness (QED) is 0.220. The monoisotopic (exact) mass is 371 g/mol. The molecule has 0 amide bonds. The highest BCUT2D eigenvalue weighted by Gasteiger charge is 2.28. The van der Waals surface area contributed by atoms with Crippen LogP contribution in [-0.2, 0) is 0 Å². The normalized spacial score (nSPS) is 10.8. The van der Waals surface area contributed by atoms with E-state index < -0.39 is 40.8 Å². The van der Waals surface area contributed by atoms with Crippen molar-refractivity contribution in [2.45, 2.75) is 0 Å². The number of esters is 1. The molecule has 2 aromatic carbocycles. The summed E-state index contributed by atoms with van der Waals surface area (Å²) in [5.41, 5.74) is 0.388. The molecule has 25 heavy (non-hydrogen) atoms. The van der Waals surface area contributed by atoms with Crippen LogP contribution in [0, 0.1) is 29.1 Å². The molecule has 0 aliphatic heterocycles. The lowest BCUT2D eigenvalue weighted by Gasteiger charge is -2.09. The van der Waals surface area contributed by atoms with Gasteiger partial charge in [0, 0.05) is 17.1 Å². The zero-order chi connectivity index (χ0) is 18.1. The molecule has 3 aromatic rings. The van der Waals surface area contributed by atoms with Crippen LogP contribution in [0.15, 0.2) is 35.8 Å². The first-order valence-corrected chi connectivity index (χ1v) is 7.51. The molecule has 0 aliphatic carbocycles. The van der Waals surface area contributed by atoms with Gasteiger partial charge in [-0.2, -0.15) is 8.78 Å². The summed E-state index contributed by atoms with van der Waals surface area (Å²) >= 11 is 1.29. The number of ether oxygens (including phenoxy) is 1. The zero-order valence-corrected chi connectivity index (χ0v) is 12.8. The first-order valence-electron chi connectivity index (χ1n) is 6.63. The Morgan fingerprint density at radius 1 is 0.960 bits per heavy atom. The summed E-state index contributed by atoms with van der Waals surface area (Å²) in [4.78, 5) is 16.1. The minimum atomic E-state index is -2.33. The summed E-state index contributed by atoms with van der Waals surface area (Å²) in [6, 6.07) is 5.69. The Morgan fingerprint density at radius 3 is 2.20 bits per heavy atom. The van der Waals surface area contributed by atoms with Gasteiger partial charge in [0.15, 0.2) is 0 Å². The maximum atomic E-state index is 13.6. The topological polar surface area (TPSA) is 39.2 Å². The molecule has 9 heteroatoms. The standard InChI is InChI=1S/C16H6F5NO2S/c17-9-10(18)12(20)14(13(21)11(9)19)24-16(23)8-3-1-2-7(6-8)15-22-4-5-25-15/h1-6H. The summed E-state index contributed by atoms with van der Waals surface area (Å²) in [5, 5.41) is 2.28. The second-order valence-corrected chi connectivity index (χ2v) is 5.60. The highest BCUT2D eigenvalue weighted by atomic mass is 32.1. The number of benzene rings is 2. The van der Waals surface area contributed by atoms with Crippen molar-refractivity contribution >= 4 is 17.3 Å². The van der Waals surface area contributed by atoms with E-state index >= 15 is 0 Å². The average molecular weight is 371 g/mol. The average Bonchev–Trinajstić information content (AvgIpc) is 3.16. The first kappa shape index (κ1) is 17.0. The fourth-order valence-electron chi connectivity index (χ4n) is 1.97. The van der Waals surface area contributed by atoms with Crippen LogP contribution in [-0.4, -0.2) is 11.0 Å². The molecule has 3 nitrogen and oxygen atoms in total. The Hall–Kier alpha value is -2.81. The molecular weight excluding hydrogens is 365 g/mol. The lowest BCUT2D eigenvalue weighted by molar-refractivity contribution is 0.0716. The van der Waals surface area contributed by atoms with Crippen LogP contribution >= 0.6 is 11.3 Å². The summed E-state index contributed by atoms with van der Waals surface area (Å²) in [6.45, 7) is 0. The van der Waals surface area contributed by atoms with Crippen molar-refractivity contribution in [1.29, 1.82) is 0 Å². The number of carbonyl (C=O) groups is 1. The molecule has 0 N–H and O–H groups in total. The number of halogens is 5. The third kappa shape index (κ3) is 3.10. The SMILES string of the molecule is O=C(Oc1c(F)c(F)c(F)c(F)c1F)c1cccc(-c2nccs2)c1. The number of hydrogen-bond donors (Lipinski definition) is 0. The fourth-order valence-corrected chi connectivity index (χ4v) is 2.61. The number of hydrogen-bond acceptors (Lipinski definition) is 4. The molecule has 0 atom stereocenters. The van der Waals surface area contributed by atoms with E-state index in [2.05, 4.69) is 9.72 Å². The van der Waals surface area contributed by atoms with Gasteiger partial charge in [-0.15, -0.1) is 11.3 Å². The molecule has 1 heterocycles. The van der Waals surface area contributed by atoms with E-state index in [1.165, 1.54) is 29.5 Å². The minimum Gasteiger partial charge on any atom is -0.416 e. The van der Waals surface area contributed by atoms with Gasteiger partial charge in [0.05, 0.1) is 5.56 Å². The van der Waals surface area contributed by atoms with Crippen LogP contribution in [0.1, 0.15) is 10.4 Å². The molecule has 3 rings (SSSR count). The second-order valence-electron chi connectivity index (χ2n) is 4.71.